The third-order valence-corrected chi connectivity index (χ3v) is 5.12. The van der Waals surface area contributed by atoms with Crippen LogP contribution >= 0.6 is 0 Å². The van der Waals surface area contributed by atoms with E-state index in [2.05, 4.69) is 6.58 Å². The first-order valence-corrected chi connectivity index (χ1v) is 6.77. The number of aliphatic hydroxyl groups is 2. The van der Waals surface area contributed by atoms with Crippen molar-refractivity contribution in [2.24, 2.45) is 23.7 Å². The zero-order valence-corrected chi connectivity index (χ0v) is 10.4. The fourth-order valence-corrected chi connectivity index (χ4v) is 4.40. The average molecular weight is 252 g/mol. The Morgan fingerprint density at radius 2 is 1.89 bits per heavy atom. The molecule has 3 aliphatic carbocycles. The molecule has 0 aromatic rings. The van der Waals surface area contributed by atoms with Crippen LogP contribution in [0.5, 0.6) is 0 Å². The lowest BCUT2D eigenvalue weighted by Gasteiger charge is -2.31. The lowest BCUT2D eigenvalue weighted by molar-refractivity contribution is -0.148. The van der Waals surface area contributed by atoms with Gasteiger partial charge in [0.05, 0.1) is 18.3 Å². The van der Waals surface area contributed by atoms with Crippen molar-refractivity contribution in [1.82, 2.24) is 0 Å². The van der Waals surface area contributed by atoms with Gasteiger partial charge in [-0.3, -0.25) is 0 Å². The highest BCUT2D eigenvalue weighted by atomic mass is 16.5. The minimum atomic E-state index is -0.467. The maximum absolute atomic E-state index is 11.6. The van der Waals surface area contributed by atoms with Gasteiger partial charge in [0.15, 0.2) is 0 Å². The number of aliphatic hydroxyl groups excluding tert-OH is 2. The van der Waals surface area contributed by atoms with Gasteiger partial charge in [-0.1, -0.05) is 6.58 Å². The average Bonchev–Trinajstić information content (AvgIpc) is 2.98. The summed E-state index contributed by atoms with van der Waals surface area (Å²) in [7, 11) is 0. The molecule has 0 aromatic heterocycles. The van der Waals surface area contributed by atoms with E-state index in [1.807, 2.05) is 0 Å². The highest BCUT2D eigenvalue weighted by Gasteiger charge is 2.56. The first-order valence-electron chi connectivity index (χ1n) is 6.77. The van der Waals surface area contributed by atoms with Gasteiger partial charge in [-0.2, -0.15) is 0 Å². The van der Waals surface area contributed by atoms with E-state index in [1.54, 1.807) is 0 Å². The predicted molar refractivity (Wildman–Crippen MR) is 64.5 cm³/mol. The van der Waals surface area contributed by atoms with Gasteiger partial charge >= 0.3 is 5.97 Å². The fourth-order valence-electron chi connectivity index (χ4n) is 4.40. The Kier molecular flexibility index (Phi) is 2.94. The van der Waals surface area contributed by atoms with E-state index in [4.69, 9.17) is 9.84 Å². The molecular weight excluding hydrogens is 232 g/mol. The fraction of sp³-hybridized carbons (Fsp3) is 0.786. The van der Waals surface area contributed by atoms with Crippen LogP contribution in [0, 0.1) is 23.7 Å². The van der Waals surface area contributed by atoms with E-state index in [1.165, 1.54) is 0 Å². The van der Waals surface area contributed by atoms with E-state index in [0.29, 0.717) is 23.7 Å². The van der Waals surface area contributed by atoms with Crippen molar-refractivity contribution in [3.63, 3.8) is 0 Å². The SMILES string of the molecule is C=C(CO)C(=O)OC1CC2CC1C1CC(O)CC21. The molecule has 0 spiro atoms. The van der Waals surface area contributed by atoms with Gasteiger partial charge in [0.2, 0.25) is 0 Å². The van der Waals surface area contributed by atoms with E-state index in [9.17, 15) is 9.90 Å². The van der Waals surface area contributed by atoms with Crippen molar-refractivity contribution < 1.29 is 19.7 Å². The monoisotopic (exact) mass is 252 g/mol. The molecule has 4 heteroatoms. The summed E-state index contributed by atoms with van der Waals surface area (Å²) in [5.41, 5.74) is 0.126. The summed E-state index contributed by atoms with van der Waals surface area (Å²) < 4.78 is 5.46. The Hall–Kier alpha value is -0.870. The number of carbonyl (C=O) groups excluding carboxylic acids is 1. The first kappa shape index (κ1) is 12.2. The van der Waals surface area contributed by atoms with Gasteiger partial charge in [-0.25, -0.2) is 4.79 Å². The maximum Gasteiger partial charge on any atom is 0.336 e. The molecule has 4 nitrogen and oxygen atoms in total. The van der Waals surface area contributed by atoms with Crippen LogP contribution in [-0.2, 0) is 9.53 Å². The van der Waals surface area contributed by atoms with Crippen LogP contribution in [-0.4, -0.2) is 35.0 Å². The van der Waals surface area contributed by atoms with Gasteiger partial charge < -0.3 is 14.9 Å². The smallest absolute Gasteiger partial charge is 0.336 e. The van der Waals surface area contributed by atoms with Crippen molar-refractivity contribution in [3.05, 3.63) is 12.2 Å². The van der Waals surface area contributed by atoms with Crippen molar-refractivity contribution in [2.45, 2.75) is 37.9 Å². The number of ether oxygens (including phenoxy) is 1. The second kappa shape index (κ2) is 4.35. The maximum atomic E-state index is 11.6. The van der Waals surface area contributed by atoms with Crippen molar-refractivity contribution in [3.8, 4) is 0 Å². The molecule has 3 aliphatic rings. The molecule has 0 aromatic carbocycles. The second-order valence-corrected chi connectivity index (χ2v) is 6.05. The van der Waals surface area contributed by atoms with Gasteiger partial charge in [-0.05, 0) is 49.4 Å². The number of carbonyl (C=O) groups is 1. The normalized spacial score (nSPS) is 45.0. The van der Waals surface area contributed by atoms with E-state index in [-0.39, 0.29) is 24.4 Å². The van der Waals surface area contributed by atoms with Crippen LogP contribution in [0.25, 0.3) is 0 Å². The Balaban J connectivity index is 1.64. The predicted octanol–water partition coefficient (Wildman–Crippen LogP) is 0.874. The van der Waals surface area contributed by atoms with Crippen molar-refractivity contribution in [1.29, 1.82) is 0 Å². The third-order valence-electron chi connectivity index (χ3n) is 5.12. The Labute approximate surface area is 107 Å². The third kappa shape index (κ3) is 1.79. The van der Waals surface area contributed by atoms with Gasteiger partial charge in [-0.15, -0.1) is 0 Å². The standard InChI is InChI=1S/C14H20O4/c1-7(6-15)14(17)18-13-3-8-2-12(13)11-5-9(16)4-10(8)11/h8-13,15-16H,1-6H2. The summed E-state index contributed by atoms with van der Waals surface area (Å²) >= 11 is 0. The van der Waals surface area contributed by atoms with Crippen LogP contribution in [0.2, 0.25) is 0 Å². The summed E-state index contributed by atoms with van der Waals surface area (Å²) in [6, 6.07) is 0. The Morgan fingerprint density at radius 1 is 1.17 bits per heavy atom. The quantitative estimate of drug-likeness (QED) is 0.578. The van der Waals surface area contributed by atoms with Gasteiger partial charge in [0.1, 0.15) is 6.10 Å². The molecule has 18 heavy (non-hydrogen) atoms. The number of hydrogen-bond acceptors (Lipinski definition) is 4. The molecule has 2 N–H and O–H groups in total. The summed E-state index contributed by atoms with van der Waals surface area (Å²) in [6.45, 7) is 3.15. The molecular formula is C14H20O4. The molecule has 6 atom stereocenters. The van der Waals surface area contributed by atoms with E-state index < -0.39 is 5.97 Å². The molecule has 0 saturated heterocycles. The lowest BCUT2D eigenvalue weighted by atomic mass is 9.80. The number of hydrogen-bond donors (Lipinski definition) is 2. The van der Waals surface area contributed by atoms with Crippen LogP contribution in [0.15, 0.2) is 12.2 Å². The van der Waals surface area contributed by atoms with Crippen molar-refractivity contribution in [2.75, 3.05) is 6.61 Å². The van der Waals surface area contributed by atoms with Gasteiger partial charge in [0, 0.05) is 0 Å². The molecule has 3 saturated carbocycles. The highest BCUT2D eigenvalue weighted by molar-refractivity contribution is 5.88. The lowest BCUT2D eigenvalue weighted by Crippen LogP contribution is -2.32. The molecule has 3 fully saturated rings. The van der Waals surface area contributed by atoms with E-state index in [0.717, 1.165) is 25.7 Å². The number of rotatable bonds is 3. The second-order valence-electron chi connectivity index (χ2n) is 6.05. The molecule has 3 rings (SSSR count). The molecule has 0 aliphatic heterocycles. The first-order chi connectivity index (χ1) is 8.60. The molecule has 2 bridgehead atoms. The summed E-state index contributed by atoms with van der Waals surface area (Å²) in [5, 5.41) is 18.6. The molecule has 6 unspecified atom stereocenters. The van der Waals surface area contributed by atoms with Crippen LogP contribution < -0.4 is 0 Å². The number of fused-ring (bicyclic) bond motifs is 5. The minimum Gasteiger partial charge on any atom is -0.459 e. The summed E-state index contributed by atoms with van der Waals surface area (Å²) in [5.74, 6) is 1.72. The molecule has 100 valence electrons. The zero-order valence-electron chi connectivity index (χ0n) is 10.4. The summed E-state index contributed by atoms with van der Waals surface area (Å²) in [6.07, 6.45) is 3.65. The van der Waals surface area contributed by atoms with Crippen LogP contribution in [0.3, 0.4) is 0 Å². The topological polar surface area (TPSA) is 66.8 Å². The highest BCUT2D eigenvalue weighted by Crippen LogP contribution is 2.59. The Morgan fingerprint density at radius 3 is 2.61 bits per heavy atom. The minimum absolute atomic E-state index is 0.0302. The largest absolute Gasteiger partial charge is 0.459 e. The summed E-state index contributed by atoms with van der Waals surface area (Å²) in [4.78, 5) is 11.6. The zero-order chi connectivity index (χ0) is 12.9. The van der Waals surface area contributed by atoms with Crippen LogP contribution in [0.4, 0.5) is 0 Å². The molecule has 0 amide bonds. The van der Waals surface area contributed by atoms with Crippen LogP contribution in [0.1, 0.15) is 25.7 Å². The number of esters is 1. The Bertz CT molecular complexity index is 378. The van der Waals surface area contributed by atoms with Crippen molar-refractivity contribution >= 4 is 5.97 Å². The molecule has 0 heterocycles. The van der Waals surface area contributed by atoms with Gasteiger partial charge in [0.25, 0.3) is 0 Å². The molecule has 0 radical (unpaired) electrons. The van der Waals surface area contributed by atoms with E-state index >= 15 is 0 Å².